The fourth-order valence-electron chi connectivity index (χ4n) is 1.92. The molecule has 0 aliphatic heterocycles. The third kappa shape index (κ3) is 3.86. The van der Waals surface area contributed by atoms with Crippen molar-refractivity contribution in [1.29, 1.82) is 0 Å². The number of carboxylic acids is 1. The molecule has 0 bridgehead atoms. The van der Waals surface area contributed by atoms with Crippen LogP contribution in [0.2, 0.25) is 0 Å². The summed E-state index contributed by atoms with van der Waals surface area (Å²) in [7, 11) is 3.14. The lowest BCUT2D eigenvalue weighted by atomic mass is 10.0. The minimum atomic E-state index is -0.850. The molecule has 5 nitrogen and oxygen atoms in total. The van der Waals surface area contributed by atoms with Gasteiger partial charge in [-0.2, -0.15) is 0 Å². The van der Waals surface area contributed by atoms with E-state index < -0.39 is 12.0 Å². The van der Waals surface area contributed by atoms with Crippen LogP contribution in [0.25, 0.3) is 0 Å². The number of ether oxygens (including phenoxy) is 2. The number of nitrogens with one attached hydrogen (secondary N) is 1. The van der Waals surface area contributed by atoms with Gasteiger partial charge in [0.1, 0.15) is 6.04 Å². The van der Waals surface area contributed by atoms with Crippen LogP contribution in [0.3, 0.4) is 0 Å². The zero-order valence-electron chi connectivity index (χ0n) is 11.8. The van der Waals surface area contributed by atoms with Crippen LogP contribution >= 0.6 is 0 Å². The fraction of sp³-hybridized carbons (Fsp3) is 0.500. The van der Waals surface area contributed by atoms with E-state index in [0.717, 1.165) is 5.56 Å². The molecule has 106 valence electrons. The minimum Gasteiger partial charge on any atom is -0.493 e. The normalized spacial score (nSPS) is 12.3. The maximum absolute atomic E-state index is 11.1. The molecule has 0 spiro atoms. The Hall–Kier alpha value is -1.75. The van der Waals surface area contributed by atoms with Crippen LogP contribution in [0, 0.1) is 5.92 Å². The van der Waals surface area contributed by atoms with Crippen molar-refractivity contribution in [3.63, 3.8) is 0 Å². The summed E-state index contributed by atoms with van der Waals surface area (Å²) in [6.45, 7) is 4.15. The highest BCUT2D eigenvalue weighted by Gasteiger charge is 2.21. The topological polar surface area (TPSA) is 67.8 Å². The van der Waals surface area contributed by atoms with Crippen LogP contribution < -0.4 is 14.8 Å². The highest BCUT2D eigenvalue weighted by atomic mass is 16.5. The first-order valence-corrected chi connectivity index (χ1v) is 6.17. The van der Waals surface area contributed by atoms with Crippen LogP contribution in [0.1, 0.15) is 19.4 Å². The number of rotatable bonds is 7. The third-order valence-electron chi connectivity index (χ3n) is 2.93. The first-order chi connectivity index (χ1) is 9.01. The molecule has 0 heterocycles. The molecule has 19 heavy (non-hydrogen) atoms. The number of para-hydroxylation sites is 1. The largest absolute Gasteiger partial charge is 0.493 e. The summed E-state index contributed by atoms with van der Waals surface area (Å²) in [6.07, 6.45) is 0. The average molecular weight is 267 g/mol. The van der Waals surface area contributed by atoms with E-state index in [0.29, 0.717) is 18.0 Å². The van der Waals surface area contributed by atoms with Crippen LogP contribution in [-0.2, 0) is 11.3 Å². The quantitative estimate of drug-likeness (QED) is 0.789. The summed E-state index contributed by atoms with van der Waals surface area (Å²) in [5, 5.41) is 12.2. The van der Waals surface area contributed by atoms with Gasteiger partial charge in [0.2, 0.25) is 0 Å². The molecule has 5 heteroatoms. The van der Waals surface area contributed by atoms with Crippen molar-refractivity contribution in [3.05, 3.63) is 23.8 Å². The van der Waals surface area contributed by atoms with Gasteiger partial charge < -0.3 is 14.6 Å². The molecule has 1 aromatic rings. The van der Waals surface area contributed by atoms with Gasteiger partial charge in [-0.3, -0.25) is 10.1 Å². The average Bonchev–Trinajstić information content (AvgIpc) is 2.37. The second-order valence-corrected chi connectivity index (χ2v) is 4.59. The molecule has 1 atom stereocenters. The number of hydrogen-bond donors (Lipinski definition) is 2. The van der Waals surface area contributed by atoms with E-state index in [1.165, 1.54) is 0 Å². The monoisotopic (exact) mass is 267 g/mol. The van der Waals surface area contributed by atoms with Crippen LogP contribution in [-0.4, -0.2) is 31.3 Å². The summed E-state index contributed by atoms with van der Waals surface area (Å²) < 4.78 is 10.5. The molecule has 0 fully saturated rings. The zero-order chi connectivity index (χ0) is 14.4. The number of benzene rings is 1. The lowest BCUT2D eigenvalue weighted by molar-refractivity contribution is -0.140. The van der Waals surface area contributed by atoms with Crippen molar-refractivity contribution in [1.82, 2.24) is 5.32 Å². The summed E-state index contributed by atoms with van der Waals surface area (Å²) in [4.78, 5) is 11.1. The van der Waals surface area contributed by atoms with E-state index in [4.69, 9.17) is 14.6 Å². The maximum Gasteiger partial charge on any atom is 0.320 e. The second-order valence-electron chi connectivity index (χ2n) is 4.59. The molecule has 0 aliphatic carbocycles. The van der Waals surface area contributed by atoms with E-state index in [1.54, 1.807) is 20.3 Å². The lowest BCUT2D eigenvalue weighted by Gasteiger charge is -2.19. The van der Waals surface area contributed by atoms with Crippen molar-refractivity contribution in [3.8, 4) is 11.5 Å². The van der Waals surface area contributed by atoms with E-state index in [-0.39, 0.29) is 5.92 Å². The number of methoxy groups -OCH3 is 2. The van der Waals surface area contributed by atoms with E-state index >= 15 is 0 Å². The van der Waals surface area contributed by atoms with Crippen LogP contribution in [0.5, 0.6) is 11.5 Å². The number of hydrogen-bond acceptors (Lipinski definition) is 4. The Morgan fingerprint density at radius 2 is 2.00 bits per heavy atom. The van der Waals surface area contributed by atoms with Gasteiger partial charge in [0.15, 0.2) is 11.5 Å². The van der Waals surface area contributed by atoms with Gasteiger partial charge in [-0.15, -0.1) is 0 Å². The Kier molecular flexibility index (Phi) is 5.63. The van der Waals surface area contributed by atoms with Gasteiger partial charge in [-0.25, -0.2) is 0 Å². The Balaban J connectivity index is 2.85. The maximum atomic E-state index is 11.1. The summed E-state index contributed by atoms with van der Waals surface area (Å²) in [5.41, 5.74) is 0.869. The Morgan fingerprint density at radius 3 is 2.47 bits per heavy atom. The summed E-state index contributed by atoms with van der Waals surface area (Å²) in [6, 6.07) is 4.95. The van der Waals surface area contributed by atoms with Crippen molar-refractivity contribution in [2.45, 2.75) is 26.4 Å². The van der Waals surface area contributed by atoms with Gasteiger partial charge in [0.05, 0.1) is 14.2 Å². The third-order valence-corrected chi connectivity index (χ3v) is 2.93. The highest BCUT2D eigenvalue weighted by molar-refractivity contribution is 5.73. The number of carbonyl (C=O) groups is 1. The number of aliphatic carboxylic acids is 1. The molecule has 1 rings (SSSR count). The standard InChI is InChI=1S/C14H21NO4/c1-9(2)12(14(16)17)15-8-10-6-5-7-11(18-3)13(10)19-4/h5-7,9,12,15H,8H2,1-4H3,(H,16,17)/t12-/m0/s1. The van der Waals surface area contributed by atoms with Gasteiger partial charge in [-0.1, -0.05) is 26.0 Å². The highest BCUT2D eigenvalue weighted by Crippen LogP contribution is 2.30. The van der Waals surface area contributed by atoms with Crippen molar-refractivity contribution in [2.24, 2.45) is 5.92 Å². The lowest BCUT2D eigenvalue weighted by Crippen LogP contribution is -2.40. The predicted octanol–water partition coefficient (Wildman–Crippen LogP) is 1.90. The van der Waals surface area contributed by atoms with Gasteiger partial charge in [0, 0.05) is 12.1 Å². The molecular weight excluding hydrogens is 246 g/mol. The minimum absolute atomic E-state index is 0.00843. The van der Waals surface area contributed by atoms with Crippen LogP contribution in [0.15, 0.2) is 18.2 Å². The van der Waals surface area contributed by atoms with E-state index in [2.05, 4.69) is 5.32 Å². The van der Waals surface area contributed by atoms with Gasteiger partial charge in [-0.05, 0) is 12.0 Å². The van der Waals surface area contributed by atoms with Crippen LogP contribution in [0.4, 0.5) is 0 Å². The van der Waals surface area contributed by atoms with Crippen molar-refractivity contribution in [2.75, 3.05) is 14.2 Å². The smallest absolute Gasteiger partial charge is 0.320 e. The van der Waals surface area contributed by atoms with E-state index in [9.17, 15) is 4.79 Å². The first-order valence-electron chi connectivity index (χ1n) is 6.17. The fourth-order valence-corrected chi connectivity index (χ4v) is 1.92. The molecule has 0 amide bonds. The summed E-state index contributed by atoms with van der Waals surface area (Å²) in [5.74, 6) is 0.426. The molecular formula is C14H21NO4. The molecule has 0 saturated heterocycles. The molecule has 0 saturated carbocycles. The zero-order valence-corrected chi connectivity index (χ0v) is 11.8. The molecule has 1 aromatic carbocycles. The Labute approximate surface area is 113 Å². The van der Waals surface area contributed by atoms with E-state index in [1.807, 2.05) is 26.0 Å². The number of carboxylic acid groups (broad SMARTS) is 1. The Bertz CT molecular complexity index is 431. The summed E-state index contributed by atoms with van der Waals surface area (Å²) >= 11 is 0. The molecule has 0 radical (unpaired) electrons. The molecule has 0 unspecified atom stereocenters. The molecule has 0 aromatic heterocycles. The van der Waals surface area contributed by atoms with Crippen molar-refractivity contribution >= 4 is 5.97 Å². The molecule has 2 N–H and O–H groups in total. The Morgan fingerprint density at radius 1 is 1.32 bits per heavy atom. The molecule has 0 aliphatic rings. The second kappa shape index (κ2) is 6.99. The van der Waals surface area contributed by atoms with Crippen molar-refractivity contribution < 1.29 is 19.4 Å². The first kappa shape index (κ1) is 15.3. The van der Waals surface area contributed by atoms with Gasteiger partial charge >= 0.3 is 5.97 Å². The predicted molar refractivity (Wildman–Crippen MR) is 72.6 cm³/mol. The SMILES string of the molecule is COc1cccc(CN[C@H](C(=O)O)C(C)C)c1OC. The van der Waals surface area contributed by atoms with Gasteiger partial charge in [0.25, 0.3) is 0 Å².